The fourth-order valence-corrected chi connectivity index (χ4v) is 7.41. The van der Waals surface area contributed by atoms with E-state index >= 15 is 0 Å². The minimum absolute atomic E-state index is 1.21. The van der Waals surface area contributed by atoms with Crippen molar-refractivity contribution < 1.29 is 0 Å². The largest absolute Gasteiger partial charge is 0.0622 e. The van der Waals surface area contributed by atoms with Crippen molar-refractivity contribution in [2.24, 2.45) is 0 Å². The predicted octanol–water partition coefficient (Wildman–Crippen LogP) is 14.0. The van der Waals surface area contributed by atoms with Gasteiger partial charge in [-0.3, -0.25) is 0 Å². The Morgan fingerprint density at radius 1 is 0.160 bits per heavy atom. The molecule has 0 aliphatic heterocycles. The van der Waals surface area contributed by atoms with Gasteiger partial charge in [0.2, 0.25) is 0 Å². The van der Waals surface area contributed by atoms with Gasteiger partial charge in [-0.05, 0) is 100 Å². The van der Waals surface area contributed by atoms with Crippen molar-refractivity contribution in [3.05, 3.63) is 206 Å². The van der Waals surface area contributed by atoms with Gasteiger partial charge >= 0.3 is 0 Å². The van der Waals surface area contributed by atoms with Gasteiger partial charge < -0.3 is 0 Å². The topological polar surface area (TPSA) is 0 Å². The van der Waals surface area contributed by atoms with Gasteiger partial charge in [-0.15, -0.1) is 0 Å². The molecule has 0 fully saturated rings. The number of fused-ring (bicyclic) bond motifs is 2. The molecule has 0 saturated carbocycles. The number of hydrogen-bond donors (Lipinski definition) is 0. The Bertz CT molecular complexity index is 2580. The van der Waals surface area contributed by atoms with E-state index in [0.717, 1.165) is 0 Å². The van der Waals surface area contributed by atoms with Crippen LogP contribution in [0.2, 0.25) is 0 Å². The van der Waals surface area contributed by atoms with E-state index in [0.29, 0.717) is 0 Å². The van der Waals surface area contributed by atoms with Crippen LogP contribution >= 0.6 is 0 Å². The van der Waals surface area contributed by atoms with Gasteiger partial charge in [0.05, 0.1) is 0 Å². The molecular formula is C50H34. The fraction of sp³-hybridized carbons (Fsp3) is 0. The van der Waals surface area contributed by atoms with Crippen molar-refractivity contribution >= 4 is 21.5 Å². The molecule has 0 unspecified atom stereocenters. The first-order chi connectivity index (χ1) is 24.8. The Morgan fingerprint density at radius 2 is 0.480 bits per heavy atom. The lowest BCUT2D eigenvalue weighted by atomic mass is 9.84. The summed E-state index contributed by atoms with van der Waals surface area (Å²) >= 11 is 0. The second-order valence-electron chi connectivity index (χ2n) is 12.9. The minimum atomic E-state index is 1.21. The van der Waals surface area contributed by atoms with Gasteiger partial charge in [0, 0.05) is 0 Å². The van der Waals surface area contributed by atoms with Crippen molar-refractivity contribution in [1.29, 1.82) is 0 Å². The Labute approximate surface area is 293 Å². The van der Waals surface area contributed by atoms with E-state index in [4.69, 9.17) is 0 Å². The summed E-state index contributed by atoms with van der Waals surface area (Å²) in [5, 5.41) is 5.01. The molecular weight excluding hydrogens is 601 g/mol. The SMILES string of the molecule is c1ccc(-c2ccc(-c3ccc4c(-c5cccc(-c6ccccc6)c5)c5ccccc5c(-c5ccc(-c6ccccc6)cc5)c4c3)cc2)cc1. The van der Waals surface area contributed by atoms with E-state index in [2.05, 4.69) is 206 Å². The Balaban J connectivity index is 1.27. The molecule has 0 spiro atoms. The normalized spacial score (nSPS) is 11.2. The summed E-state index contributed by atoms with van der Waals surface area (Å²) < 4.78 is 0. The maximum atomic E-state index is 2.41. The molecule has 234 valence electrons. The lowest BCUT2D eigenvalue weighted by Gasteiger charge is -2.19. The van der Waals surface area contributed by atoms with Gasteiger partial charge in [0.15, 0.2) is 0 Å². The summed E-state index contributed by atoms with van der Waals surface area (Å²) in [4.78, 5) is 0. The average Bonchev–Trinajstić information content (AvgIpc) is 3.21. The monoisotopic (exact) mass is 634 g/mol. The molecule has 0 aliphatic carbocycles. The van der Waals surface area contributed by atoms with E-state index in [1.54, 1.807) is 0 Å². The molecule has 9 aromatic rings. The number of benzene rings is 9. The first-order valence-corrected chi connectivity index (χ1v) is 17.3. The van der Waals surface area contributed by atoms with Crippen LogP contribution in [0.25, 0.3) is 88.3 Å². The van der Waals surface area contributed by atoms with E-state index in [1.165, 1.54) is 88.3 Å². The van der Waals surface area contributed by atoms with Crippen LogP contribution in [0.15, 0.2) is 206 Å². The van der Waals surface area contributed by atoms with Gasteiger partial charge in [-0.1, -0.05) is 194 Å². The first kappa shape index (κ1) is 29.6. The van der Waals surface area contributed by atoms with Crippen LogP contribution in [-0.4, -0.2) is 0 Å². The van der Waals surface area contributed by atoms with Crippen molar-refractivity contribution in [3.63, 3.8) is 0 Å². The zero-order valence-electron chi connectivity index (χ0n) is 27.6. The maximum Gasteiger partial charge on any atom is -0.00261 e. The van der Waals surface area contributed by atoms with E-state index in [1.807, 2.05) is 0 Å². The summed E-state index contributed by atoms with van der Waals surface area (Å²) in [5.74, 6) is 0. The number of rotatable bonds is 6. The van der Waals surface area contributed by atoms with Crippen LogP contribution in [0.1, 0.15) is 0 Å². The molecule has 0 N–H and O–H groups in total. The van der Waals surface area contributed by atoms with Crippen LogP contribution in [0.3, 0.4) is 0 Å². The Morgan fingerprint density at radius 3 is 1.02 bits per heavy atom. The molecule has 0 aliphatic rings. The summed E-state index contributed by atoms with van der Waals surface area (Å²) in [6, 6.07) is 74.9. The van der Waals surface area contributed by atoms with Gasteiger partial charge in [-0.25, -0.2) is 0 Å². The zero-order chi connectivity index (χ0) is 33.3. The van der Waals surface area contributed by atoms with E-state index < -0.39 is 0 Å². The molecule has 0 heterocycles. The second-order valence-corrected chi connectivity index (χ2v) is 12.9. The van der Waals surface area contributed by atoms with E-state index in [-0.39, 0.29) is 0 Å². The average molecular weight is 635 g/mol. The highest BCUT2D eigenvalue weighted by Crippen LogP contribution is 2.45. The third-order valence-electron chi connectivity index (χ3n) is 9.89. The summed E-state index contributed by atoms with van der Waals surface area (Å²) in [7, 11) is 0. The lowest BCUT2D eigenvalue weighted by Crippen LogP contribution is -1.92. The molecule has 0 bridgehead atoms. The summed E-state index contributed by atoms with van der Waals surface area (Å²) in [6.45, 7) is 0. The molecule has 0 saturated heterocycles. The molecule has 9 aromatic carbocycles. The quantitative estimate of drug-likeness (QED) is 0.160. The third kappa shape index (κ3) is 5.48. The Hall–Kier alpha value is -6.50. The highest BCUT2D eigenvalue weighted by molar-refractivity contribution is 6.22. The van der Waals surface area contributed by atoms with Crippen LogP contribution in [0.4, 0.5) is 0 Å². The molecule has 0 radical (unpaired) electrons. The molecule has 0 heteroatoms. The van der Waals surface area contributed by atoms with Crippen molar-refractivity contribution in [2.75, 3.05) is 0 Å². The highest BCUT2D eigenvalue weighted by atomic mass is 14.2. The van der Waals surface area contributed by atoms with Gasteiger partial charge in [0.1, 0.15) is 0 Å². The molecule has 0 atom stereocenters. The van der Waals surface area contributed by atoms with Crippen molar-refractivity contribution in [3.8, 4) is 66.8 Å². The first-order valence-electron chi connectivity index (χ1n) is 17.3. The van der Waals surface area contributed by atoms with Crippen LogP contribution in [-0.2, 0) is 0 Å². The lowest BCUT2D eigenvalue weighted by molar-refractivity contribution is 1.59. The minimum Gasteiger partial charge on any atom is -0.0622 e. The fourth-order valence-electron chi connectivity index (χ4n) is 7.41. The van der Waals surface area contributed by atoms with Crippen LogP contribution in [0, 0.1) is 0 Å². The van der Waals surface area contributed by atoms with E-state index in [9.17, 15) is 0 Å². The van der Waals surface area contributed by atoms with Crippen molar-refractivity contribution in [1.82, 2.24) is 0 Å². The predicted molar refractivity (Wildman–Crippen MR) is 214 cm³/mol. The zero-order valence-corrected chi connectivity index (χ0v) is 27.6. The molecule has 50 heavy (non-hydrogen) atoms. The standard InChI is InChI=1S/C50H34/c1-4-13-35(14-5-1)38-23-25-40(26-24-38)43-31-32-47-48(34-43)49(41-29-27-39(28-30-41)36-15-6-2-7-16-36)45-21-10-11-22-46(45)50(47)44-20-12-19-42(33-44)37-17-8-3-9-18-37/h1-34H. The maximum absolute atomic E-state index is 2.41. The smallest absolute Gasteiger partial charge is 0.00261 e. The summed E-state index contributed by atoms with van der Waals surface area (Å²) in [6.07, 6.45) is 0. The van der Waals surface area contributed by atoms with Gasteiger partial charge in [-0.2, -0.15) is 0 Å². The second kappa shape index (κ2) is 12.8. The molecule has 0 nitrogen and oxygen atoms in total. The Kier molecular flexibility index (Phi) is 7.61. The van der Waals surface area contributed by atoms with Crippen LogP contribution in [0.5, 0.6) is 0 Å². The molecule has 0 amide bonds. The summed E-state index contributed by atoms with van der Waals surface area (Å²) in [5.41, 5.74) is 14.7. The molecule has 0 aromatic heterocycles. The van der Waals surface area contributed by atoms with Gasteiger partial charge in [0.25, 0.3) is 0 Å². The highest BCUT2D eigenvalue weighted by Gasteiger charge is 2.18. The van der Waals surface area contributed by atoms with Crippen LogP contribution < -0.4 is 0 Å². The third-order valence-corrected chi connectivity index (χ3v) is 9.89. The molecule has 9 rings (SSSR count). The van der Waals surface area contributed by atoms with Crippen molar-refractivity contribution in [2.45, 2.75) is 0 Å². The number of hydrogen-bond acceptors (Lipinski definition) is 0.